The van der Waals surface area contributed by atoms with Crippen LogP contribution in [-0.4, -0.2) is 56.9 Å². The standard InChI is InChI=1S/C10H13F3N2O4/c1-18-8(16)5-15(6-9(17)19-2)4-7(3-14)10(11,12)13/h7H,4-6H2,1-2H3. The maximum absolute atomic E-state index is 12.4. The van der Waals surface area contributed by atoms with Crippen LogP contribution in [0.1, 0.15) is 0 Å². The number of methoxy groups -OCH3 is 2. The van der Waals surface area contributed by atoms with Gasteiger partial charge in [0.05, 0.1) is 33.4 Å². The molecule has 0 bridgehead atoms. The van der Waals surface area contributed by atoms with Crippen LogP contribution in [0.4, 0.5) is 13.2 Å². The van der Waals surface area contributed by atoms with Crippen LogP contribution in [0.3, 0.4) is 0 Å². The van der Waals surface area contributed by atoms with Crippen LogP contribution in [0.25, 0.3) is 0 Å². The van der Waals surface area contributed by atoms with Crippen molar-refractivity contribution >= 4 is 11.9 Å². The number of carbonyl (C=O) groups excluding carboxylic acids is 2. The molecule has 0 N–H and O–H groups in total. The normalized spacial score (nSPS) is 12.7. The van der Waals surface area contributed by atoms with Crippen molar-refractivity contribution in [3.63, 3.8) is 0 Å². The van der Waals surface area contributed by atoms with Gasteiger partial charge in [0.25, 0.3) is 0 Å². The minimum absolute atomic E-state index is 0.542. The van der Waals surface area contributed by atoms with Crippen LogP contribution in [0.15, 0.2) is 0 Å². The third-order valence-electron chi connectivity index (χ3n) is 2.15. The molecule has 0 aromatic carbocycles. The smallest absolute Gasteiger partial charge is 0.405 e. The second kappa shape index (κ2) is 7.58. The maximum Gasteiger partial charge on any atom is 0.405 e. The summed E-state index contributed by atoms with van der Waals surface area (Å²) in [5.74, 6) is -3.94. The molecule has 19 heavy (non-hydrogen) atoms. The Kier molecular flexibility index (Phi) is 6.85. The van der Waals surface area contributed by atoms with Crippen molar-refractivity contribution in [3.8, 4) is 6.07 Å². The molecule has 0 aliphatic carbocycles. The average Bonchev–Trinajstić information content (AvgIpc) is 2.33. The molecule has 0 saturated heterocycles. The zero-order valence-electron chi connectivity index (χ0n) is 10.4. The van der Waals surface area contributed by atoms with Crippen LogP contribution in [0, 0.1) is 17.2 Å². The molecular weight excluding hydrogens is 269 g/mol. The number of ether oxygens (including phenoxy) is 2. The van der Waals surface area contributed by atoms with Crippen molar-refractivity contribution in [3.05, 3.63) is 0 Å². The summed E-state index contributed by atoms with van der Waals surface area (Å²) in [5, 5.41) is 8.46. The molecule has 0 radical (unpaired) electrons. The first kappa shape index (κ1) is 17.2. The molecular formula is C10H13F3N2O4. The number of hydrogen-bond donors (Lipinski definition) is 0. The number of rotatable bonds is 6. The molecule has 9 heteroatoms. The van der Waals surface area contributed by atoms with Crippen molar-refractivity contribution in [1.82, 2.24) is 4.90 Å². The minimum Gasteiger partial charge on any atom is -0.468 e. The van der Waals surface area contributed by atoms with Crippen LogP contribution in [-0.2, 0) is 19.1 Å². The Morgan fingerprint density at radius 2 is 1.63 bits per heavy atom. The monoisotopic (exact) mass is 282 g/mol. The lowest BCUT2D eigenvalue weighted by Gasteiger charge is -2.23. The van der Waals surface area contributed by atoms with E-state index in [0.29, 0.717) is 0 Å². The van der Waals surface area contributed by atoms with Gasteiger partial charge < -0.3 is 9.47 Å². The van der Waals surface area contributed by atoms with E-state index in [-0.39, 0.29) is 0 Å². The molecule has 0 saturated carbocycles. The Hall–Kier alpha value is -1.82. The summed E-state index contributed by atoms with van der Waals surface area (Å²) in [6, 6.07) is 1.08. The highest BCUT2D eigenvalue weighted by molar-refractivity contribution is 5.74. The van der Waals surface area contributed by atoms with Crippen molar-refractivity contribution in [1.29, 1.82) is 5.26 Å². The summed E-state index contributed by atoms with van der Waals surface area (Å²) < 4.78 is 45.9. The van der Waals surface area contributed by atoms with E-state index in [2.05, 4.69) is 9.47 Å². The molecule has 0 aromatic heterocycles. The van der Waals surface area contributed by atoms with Gasteiger partial charge in [-0.1, -0.05) is 0 Å². The molecule has 0 aliphatic heterocycles. The second-order valence-corrected chi connectivity index (χ2v) is 3.55. The largest absolute Gasteiger partial charge is 0.468 e. The molecule has 0 fully saturated rings. The Morgan fingerprint density at radius 1 is 1.21 bits per heavy atom. The van der Waals surface area contributed by atoms with Crippen LogP contribution in [0.2, 0.25) is 0 Å². The molecule has 0 amide bonds. The van der Waals surface area contributed by atoms with E-state index in [1.54, 1.807) is 0 Å². The number of nitriles is 1. The maximum atomic E-state index is 12.4. The number of alkyl halides is 3. The van der Waals surface area contributed by atoms with Gasteiger partial charge in [0.2, 0.25) is 0 Å². The van der Waals surface area contributed by atoms with E-state index >= 15 is 0 Å². The van der Waals surface area contributed by atoms with Gasteiger partial charge in [0.1, 0.15) is 0 Å². The van der Waals surface area contributed by atoms with Gasteiger partial charge in [-0.3, -0.25) is 14.5 Å². The molecule has 108 valence electrons. The van der Waals surface area contributed by atoms with Gasteiger partial charge in [-0.15, -0.1) is 0 Å². The summed E-state index contributed by atoms with van der Waals surface area (Å²) in [6.07, 6.45) is -4.74. The third kappa shape index (κ3) is 6.61. The van der Waals surface area contributed by atoms with Crippen molar-refractivity contribution in [2.45, 2.75) is 6.18 Å². The predicted molar refractivity (Wildman–Crippen MR) is 55.6 cm³/mol. The van der Waals surface area contributed by atoms with E-state index < -0.39 is 43.7 Å². The predicted octanol–water partition coefficient (Wildman–Crippen LogP) is 0.336. The molecule has 0 aliphatic rings. The van der Waals surface area contributed by atoms with Gasteiger partial charge in [-0.05, 0) is 0 Å². The highest BCUT2D eigenvalue weighted by Gasteiger charge is 2.41. The topological polar surface area (TPSA) is 79.6 Å². The Bertz CT molecular complexity index is 347. The fraction of sp³-hybridized carbons (Fsp3) is 0.700. The van der Waals surface area contributed by atoms with Gasteiger partial charge in [-0.25, -0.2) is 0 Å². The van der Waals surface area contributed by atoms with Gasteiger partial charge in [-0.2, -0.15) is 18.4 Å². The van der Waals surface area contributed by atoms with Crippen LogP contribution in [0.5, 0.6) is 0 Å². The number of hydrogen-bond acceptors (Lipinski definition) is 6. The Labute approximate surface area is 107 Å². The summed E-state index contributed by atoms with van der Waals surface area (Å²) in [6.45, 7) is -1.90. The molecule has 6 nitrogen and oxygen atoms in total. The van der Waals surface area contributed by atoms with Gasteiger partial charge >= 0.3 is 18.1 Å². The van der Waals surface area contributed by atoms with E-state index in [0.717, 1.165) is 25.2 Å². The number of nitrogens with zero attached hydrogens (tertiary/aromatic N) is 2. The van der Waals surface area contributed by atoms with Gasteiger partial charge in [0.15, 0.2) is 5.92 Å². The van der Waals surface area contributed by atoms with Crippen LogP contribution < -0.4 is 0 Å². The SMILES string of the molecule is COC(=O)CN(CC(=O)OC)CC(C#N)C(F)(F)F. The second-order valence-electron chi connectivity index (χ2n) is 3.55. The van der Waals surface area contributed by atoms with E-state index in [1.165, 1.54) is 0 Å². The van der Waals surface area contributed by atoms with Crippen molar-refractivity contribution < 1.29 is 32.2 Å². The highest BCUT2D eigenvalue weighted by Crippen LogP contribution is 2.26. The summed E-state index contributed by atoms with van der Waals surface area (Å²) in [5.41, 5.74) is 0. The lowest BCUT2D eigenvalue weighted by Crippen LogP contribution is -2.42. The van der Waals surface area contributed by atoms with E-state index in [9.17, 15) is 22.8 Å². The quantitative estimate of drug-likeness (QED) is 0.653. The summed E-state index contributed by atoms with van der Waals surface area (Å²) in [7, 11) is 2.12. The first-order chi connectivity index (χ1) is 8.74. The zero-order valence-corrected chi connectivity index (χ0v) is 10.4. The van der Waals surface area contributed by atoms with Crippen molar-refractivity contribution in [2.24, 2.45) is 5.92 Å². The molecule has 1 unspecified atom stereocenters. The lowest BCUT2D eigenvalue weighted by atomic mass is 10.1. The molecule has 0 spiro atoms. The number of carbonyl (C=O) groups is 2. The van der Waals surface area contributed by atoms with E-state index in [1.807, 2.05) is 0 Å². The molecule has 0 aromatic rings. The molecule has 1 atom stereocenters. The average molecular weight is 282 g/mol. The van der Waals surface area contributed by atoms with Crippen LogP contribution >= 0.6 is 0 Å². The summed E-state index contributed by atoms with van der Waals surface area (Å²) >= 11 is 0. The fourth-order valence-corrected chi connectivity index (χ4v) is 1.15. The first-order valence-corrected chi connectivity index (χ1v) is 5.06. The molecule has 0 heterocycles. The Balaban J connectivity index is 4.78. The minimum atomic E-state index is -4.74. The lowest BCUT2D eigenvalue weighted by molar-refractivity contribution is -0.167. The zero-order chi connectivity index (χ0) is 15.1. The fourth-order valence-electron chi connectivity index (χ4n) is 1.15. The summed E-state index contributed by atoms with van der Waals surface area (Å²) in [4.78, 5) is 22.9. The van der Waals surface area contributed by atoms with E-state index in [4.69, 9.17) is 5.26 Å². The van der Waals surface area contributed by atoms with Gasteiger partial charge in [0, 0.05) is 6.54 Å². The number of halogens is 3. The van der Waals surface area contributed by atoms with Crippen molar-refractivity contribution in [2.75, 3.05) is 33.9 Å². The number of esters is 2. The molecule has 0 rings (SSSR count). The first-order valence-electron chi connectivity index (χ1n) is 5.06. The third-order valence-corrected chi connectivity index (χ3v) is 2.15. The highest BCUT2D eigenvalue weighted by atomic mass is 19.4. The Morgan fingerprint density at radius 3 is 1.89 bits per heavy atom.